The Labute approximate surface area is 96.9 Å². The van der Waals surface area contributed by atoms with Crippen LogP contribution in [0.3, 0.4) is 0 Å². The Hall–Kier alpha value is 0.400. The monoisotopic (exact) mass is 148 g/mol. The SMILES string of the molecule is Cc1ccc(B([O-])[O-])cc1.[Li+].[Li+]. The minimum absolute atomic E-state index is 0. The molecule has 2 nitrogen and oxygen atoms in total. The van der Waals surface area contributed by atoms with E-state index in [2.05, 4.69) is 0 Å². The molecule has 0 saturated carbocycles. The standard InChI is InChI=1S/C7H7BO2.2Li/c1-6-2-4-7(5-3-6)8(9)10;;/h2-5H,1H3;;/q-2;2*+1. The van der Waals surface area contributed by atoms with E-state index in [9.17, 15) is 10.0 Å². The van der Waals surface area contributed by atoms with Crippen LogP contribution < -0.4 is 53.2 Å². The predicted octanol–water partition coefficient (Wildman–Crippen LogP) is -7.58. The molecule has 0 aliphatic carbocycles. The van der Waals surface area contributed by atoms with Gasteiger partial charge in [0.1, 0.15) is 0 Å². The van der Waals surface area contributed by atoms with E-state index in [1.165, 1.54) is 0 Å². The molecule has 0 radical (unpaired) electrons. The first-order valence-corrected chi connectivity index (χ1v) is 3.08. The van der Waals surface area contributed by atoms with E-state index in [4.69, 9.17) is 0 Å². The average Bonchev–Trinajstić information content (AvgIpc) is 1.88. The van der Waals surface area contributed by atoms with Gasteiger partial charge in [-0.1, -0.05) is 36.9 Å². The van der Waals surface area contributed by atoms with Gasteiger partial charge in [0.25, 0.3) is 0 Å². The molecule has 0 heterocycles. The van der Waals surface area contributed by atoms with Crippen LogP contribution in [-0.2, 0) is 0 Å². The first kappa shape index (κ1) is 14.9. The maximum Gasteiger partial charge on any atom is 1.00 e. The van der Waals surface area contributed by atoms with Gasteiger partial charge in [0.15, 0.2) is 0 Å². The largest absolute Gasteiger partial charge is 1.00 e. The van der Waals surface area contributed by atoms with Crippen molar-refractivity contribution in [2.45, 2.75) is 6.92 Å². The quantitative estimate of drug-likeness (QED) is 0.371. The van der Waals surface area contributed by atoms with Crippen molar-refractivity contribution >= 4 is 12.6 Å². The zero-order valence-corrected chi connectivity index (χ0v) is 7.70. The van der Waals surface area contributed by atoms with Crippen LogP contribution >= 0.6 is 0 Å². The van der Waals surface area contributed by atoms with E-state index in [-0.39, 0.29) is 37.7 Å². The first-order chi connectivity index (χ1) is 4.70. The summed E-state index contributed by atoms with van der Waals surface area (Å²) >= 11 is 0. The van der Waals surface area contributed by atoms with Crippen molar-refractivity contribution in [3.8, 4) is 0 Å². The zero-order valence-electron chi connectivity index (χ0n) is 7.70. The molecule has 1 rings (SSSR count). The van der Waals surface area contributed by atoms with E-state index in [0.717, 1.165) is 5.56 Å². The van der Waals surface area contributed by atoms with Gasteiger partial charge in [-0.3, -0.25) is 0 Å². The summed E-state index contributed by atoms with van der Waals surface area (Å²) in [6.07, 6.45) is 0. The van der Waals surface area contributed by atoms with Crippen molar-refractivity contribution < 1.29 is 47.8 Å². The van der Waals surface area contributed by atoms with Gasteiger partial charge >= 0.3 is 37.7 Å². The van der Waals surface area contributed by atoms with Gasteiger partial charge in [0, 0.05) is 0 Å². The van der Waals surface area contributed by atoms with E-state index in [1.807, 2.05) is 6.92 Å². The third-order valence-electron chi connectivity index (χ3n) is 1.35. The molecule has 1 aromatic rings. The molecular formula is C7H7BLi2O2. The van der Waals surface area contributed by atoms with Crippen molar-refractivity contribution in [3.63, 3.8) is 0 Å². The normalized spacial score (nSPS) is 7.92. The molecule has 0 aromatic heterocycles. The van der Waals surface area contributed by atoms with Crippen LogP contribution in [0.1, 0.15) is 5.56 Å². The van der Waals surface area contributed by atoms with Gasteiger partial charge < -0.3 is 10.0 Å². The summed E-state index contributed by atoms with van der Waals surface area (Å²) in [5.74, 6) is 0. The minimum atomic E-state index is -1.85. The number of hydrogen-bond acceptors (Lipinski definition) is 2. The number of benzene rings is 1. The molecule has 0 unspecified atom stereocenters. The van der Waals surface area contributed by atoms with Crippen LogP contribution in [0.25, 0.3) is 0 Å². The Bertz CT molecular complexity index is 213. The van der Waals surface area contributed by atoms with Crippen molar-refractivity contribution in [1.82, 2.24) is 0 Å². The van der Waals surface area contributed by atoms with Crippen molar-refractivity contribution in [2.75, 3.05) is 0 Å². The molecule has 0 bridgehead atoms. The first-order valence-electron chi connectivity index (χ1n) is 3.08. The summed E-state index contributed by atoms with van der Waals surface area (Å²) in [5.41, 5.74) is 1.37. The third-order valence-corrected chi connectivity index (χ3v) is 1.35. The van der Waals surface area contributed by atoms with Crippen LogP contribution in [0.4, 0.5) is 0 Å². The summed E-state index contributed by atoms with van der Waals surface area (Å²) < 4.78 is 0. The zero-order chi connectivity index (χ0) is 7.56. The van der Waals surface area contributed by atoms with Crippen LogP contribution in [-0.4, -0.2) is 7.12 Å². The van der Waals surface area contributed by atoms with Gasteiger partial charge in [0.2, 0.25) is 0 Å². The second-order valence-corrected chi connectivity index (χ2v) is 2.24. The van der Waals surface area contributed by atoms with Gasteiger partial charge in [-0.25, -0.2) is 0 Å². The van der Waals surface area contributed by atoms with Gasteiger partial charge in [-0.15, -0.1) is 5.46 Å². The number of rotatable bonds is 1. The molecule has 12 heavy (non-hydrogen) atoms. The molecule has 0 spiro atoms. The second kappa shape index (κ2) is 6.87. The summed E-state index contributed by atoms with van der Waals surface area (Å²) in [6.45, 7) is 1.91. The smallest absolute Gasteiger partial charge is 0.889 e. The fourth-order valence-electron chi connectivity index (χ4n) is 0.724. The molecular weight excluding hydrogens is 141 g/mol. The maximum atomic E-state index is 10.3. The fourth-order valence-corrected chi connectivity index (χ4v) is 0.724. The maximum absolute atomic E-state index is 10.3. The Morgan fingerprint density at radius 3 is 1.75 bits per heavy atom. The van der Waals surface area contributed by atoms with Crippen molar-refractivity contribution in [3.05, 3.63) is 29.8 Å². The second-order valence-electron chi connectivity index (χ2n) is 2.24. The van der Waals surface area contributed by atoms with Crippen LogP contribution in [0, 0.1) is 6.92 Å². The average molecular weight is 148 g/mol. The van der Waals surface area contributed by atoms with E-state index in [1.54, 1.807) is 24.3 Å². The van der Waals surface area contributed by atoms with E-state index < -0.39 is 7.12 Å². The fraction of sp³-hybridized carbons (Fsp3) is 0.143. The number of aryl methyl sites for hydroxylation is 1. The molecule has 0 amide bonds. The summed E-state index contributed by atoms with van der Waals surface area (Å²) in [4.78, 5) is 0. The molecule has 0 saturated heterocycles. The molecule has 5 heteroatoms. The third kappa shape index (κ3) is 4.43. The van der Waals surface area contributed by atoms with Crippen molar-refractivity contribution in [2.24, 2.45) is 0 Å². The topological polar surface area (TPSA) is 46.1 Å². The molecule has 0 N–H and O–H groups in total. The molecule has 0 aliphatic heterocycles. The molecule has 1 aromatic carbocycles. The van der Waals surface area contributed by atoms with Crippen LogP contribution in [0.2, 0.25) is 0 Å². The minimum Gasteiger partial charge on any atom is -0.889 e. The predicted molar refractivity (Wildman–Crippen MR) is 36.6 cm³/mol. The van der Waals surface area contributed by atoms with Crippen LogP contribution in [0.5, 0.6) is 0 Å². The van der Waals surface area contributed by atoms with Crippen molar-refractivity contribution in [1.29, 1.82) is 0 Å². The Morgan fingerprint density at radius 1 is 1.00 bits per heavy atom. The Morgan fingerprint density at radius 2 is 1.42 bits per heavy atom. The molecule has 0 aliphatic rings. The van der Waals surface area contributed by atoms with Crippen LogP contribution in [0.15, 0.2) is 24.3 Å². The summed E-state index contributed by atoms with van der Waals surface area (Å²) in [5, 5.41) is 20.6. The van der Waals surface area contributed by atoms with Gasteiger partial charge in [-0.05, 0) is 6.92 Å². The van der Waals surface area contributed by atoms with E-state index >= 15 is 0 Å². The molecule has 52 valence electrons. The molecule has 0 fully saturated rings. The number of hydrogen-bond donors (Lipinski definition) is 0. The Balaban J connectivity index is 0. The van der Waals surface area contributed by atoms with Gasteiger partial charge in [-0.2, -0.15) is 0 Å². The Kier molecular flexibility index (Phi) is 8.53. The summed E-state index contributed by atoms with van der Waals surface area (Å²) in [6, 6.07) is 6.66. The van der Waals surface area contributed by atoms with E-state index in [0.29, 0.717) is 5.46 Å². The van der Waals surface area contributed by atoms with Gasteiger partial charge in [0.05, 0.1) is 0 Å². The summed E-state index contributed by atoms with van der Waals surface area (Å²) in [7, 11) is -1.85. The molecule has 0 atom stereocenters.